The summed E-state index contributed by atoms with van der Waals surface area (Å²) in [5, 5.41) is 0. The Labute approximate surface area is 103 Å². The lowest BCUT2D eigenvalue weighted by Crippen LogP contribution is -2.28. The first kappa shape index (κ1) is 9.94. The molecule has 2 aliphatic rings. The van der Waals surface area contributed by atoms with E-state index in [1.165, 1.54) is 4.57 Å². The average molecular weight is 243 g/mol. The van der Waals surface area contributed by atoms with E-state index in [1.807, 2.05) is 18.2 Å². The SMILES string of the molecule is O=c1n(-c2ccccc2)c(=O)n2n1[C@H]1CC[C@H]2C1. The second-order valence-electron chi connectivity index (χ2n) is 5.05. The number of rotatable bonds is 1. The van der Waals surface area contributed by atoms with E-state index < -0.39 is 0 Å². The van der Waals surface area contributed by atoms with E-state index >= 15 is 0 Å². The van der Waals surface area contributed by atoms with Gasteiger partial charge >= 0.3 is 11.4 Å². The topological polar surface area (TPSA) is 48.9 Å². The Balaban J connectivity index is 2.04. The number of aromatic nitrogens is 3. The first-order valence-electron chi connectivity index (χ1n) is 6.29. The fourth-order valence-electron chi connectivity index (χ4n) is 3.31. The number of benzene rings is 1. The van der Waals surface area contributed by atoms with Crippen LogP contribution in [-0.4, -0.2) is 13.9 Å². The van der Waals surface area contributed by atoms with Crippen LogP contribution in [0.2, 0.25) is 0 Å². The normalized spacial score (nSPS) is 24.4. The first-order valence-corrected chi connectivity index (χ1v) is 6.29. The van der Waals surface area contributed by atoms with Crippen LogP contribution in [0.4, 0.5) is 0 Å². The maximum absolute atomic E-state index is 12.4. The van der Waals surface area contributed by atoms with Gasteiger partial charge in [-0.05, 0) is 31.4 Å². The summed E-state index contributed by atoms with van der Waals surface area (Å²) in [6, 6.07) is 9.58. The summed E-state index contributed by atoms with van der Waals surface area (Å²) in [5.74, 6) is 0. The van der Waals surface area contributed by atoms with Crippen molar-refractivity contribution in [2.24, 2.45) is 0 Å². The third-order valence-electron chi connectivity index (χ3n) is 4.09. The zero-order valence-corrected chi connectivity index (χ0v) is 9.82. The van der Waals surface area contributed by atoms with Crippen LogP contribution < -0.4 is 11.4 Å². The Morgan fingerprint density at radius 1 is 0.889 bits per heavy atom. The lowest BCUT2D eigenvalue weighted by Gasteiger charge is -2.13. The molecule has 0 radical (unpaired) electrons. The number of fused-ring (bicyclic) bond motifs is 5. The van der Waals surface area contributed by atoms with E-state index in [0.717, 1.165) is 19.3 Å². The van der Waals surface area contributed by atoms with Gasteiger partial charge in [0, 0.05) is 0 Å². The van der Waals surface area contributed by atoms with Gasteiger partial charge in [0.25, 0.3) is 0 Å². The van der Waals surface area contributed by atoms with Gasteiger partial charge < -0.3 is 0 Å². The van der Waals surface area contributed by atoms with Gasteiger partial charge in [-0.25, -0.2) is 23.5 Å². The maximum atomic E-state index is 12.4. The fraction of sp³-hybridized carbons (Fsp3) is 0.385. The minimum atomic E-state index is -0.196. The summed E-state index contributed by atoms with van der Waals surface area (Å²) < 4.78 is 4.59. The van der Waals surface area contributed by atoms with Gasteiger partial charge in [-0.15, -0.1) is 0 Å². The van der Waals surface area contributed by atoms with E-state index in [0.29, 0.717) is 5.69 Å². The third kappa shape index (κ3) is 1.06. The van der Waals surface area contributed by atoms with Crippen LogP contribution in [0.15, 0.2) is 39.9 Å². The summed E-state index contributed by atoms with van der Waals surface area (Å²) in [7, 11) is 0. The van der Waals surface area contributed by atoms with Crippen molar-refractivity contribution in [2.75, 3.05) is 0 Å². The Bertz CT molecular complexity index is 681. The van der Waals surface area contributed by atoms with Crippen LogP contribution in [0.5, 0.6) is 0 Å². The van der Waals surface area contributed by atoms with Gasteiger partial charge in [-0.3, -0.25) is 0 Å². The van der Waals surface area contributed by atoms with Crippen molar-refractivity contribution in [3.8, 4) is 5.69 Å². The van der Waals surface area contributed by atoms with Crippen LogP contribution in [0, 0.1) is 0 Å². The Kier molecular flexibility index (Phi) is 1.79. The first-order chi connectivity index (χ1) is 8.77. The van der Waals surface area contributed by atoms with Crippen molar-refractivity contribution in [1.82, 2.24) is 13.9 Å². The second-order valence-corrected chi connectivity index (χ2v) is 5.05. The minimum absolute atomic E-state index is 0.196. The largest absolute Gasteiger partial charge is 0.352 e. The zero-order chi connectivity index (χ0) is 12.3. The number of hydrogen-bond acceptors (Lipinski definition) is 2. The molecule has 2 bridgehead atoms. The minimum Gasteiger partial charge on any atom is -0.245 e. The van der Waals surface area contributed by atoms with Gasteiger partial charge in [0.15, 0.2) is 0 Å². The number of para-hydroxylation sites is 1. The molecular formula is C13H13N3O2. The summed E-state index contributed by atoms with van der Waals surface area (Å²) in [5.41, 5.74) is 0.262. The van der Waals surface area contributed by atoms with Crippen molar-refractivity contribution in [1.29, 1.82) is 0 Å². The molecule has 5 heteroatoms. The monoisotopic (exact) mass is 243 g/mol. The molecule has 4 rings (SSSR count). The molecule has 0 amide bonds. The Hall–Kier alpha value is -2.04. The number of nitrogens with zero attached hydrogens (tertiary/aromatic N) is 3. The van der Waals surface area contributed by atoms with E-state index in [1.54, 1.807) is 21.5 Å². The molecule has 1 aromatic carbocycles. The van der Waals surface area contributed by atoms with Gasteiger partial charge in [0.1, 0.15) is 0 Å². The highest BCUT2D eigenvalue weighted by molar-refractivity contribution is 5.30. The highest BCUT2D eigenvalue weighted by atomic mass is 16.2. The van der Waals surface area contributed by atoms with Crippen molar-refractivity contribution in [3.05, 3.63) is 51.3 Å². The third-order valence-corrected chi connectivity index (χ3v) is 4.09. The lowest BCUT2D eigenvalue weighted by molar-refractivity contribution is 0.374. The molecule has 0 N–H and O–H groups in total. The molecule has 1 aromatic heterocycles. The summed E-state index contributed by atoms with van der Waals surface area (Å²) in [6.07, 6.45) is 2.98. The van der Waals surface area contributed by atoms with Crippen LogP contribution in [-0.2, 0) is 0 Å². The predicted molar refractivity (Wildman–Crippen MR) is 66.2 cm³/mol. The van der Waals surface area contributed by atoms with Gasteiger partial charge in [0.2, 0.25) is 0 Å². The van der Waals surface area contributed by atoms with Crippen molar-refractivity contribution < 1.29 is 0 Å². The second kappa shape index (κ2) is 3.25. The highest BCUT2D eigenvalue weighted by Gasteiger charge is 2.40. The standard InChI is InChI=1S/C13H13N3O2/c17-12-14(9-4-2-1-3-5-9)13(18)16-11-7-6-10(8-11)15(12)16/h1-5,10-11H,6-8H2/t10-,11-/m0/s1. The molecule has 1 fully saturated rings. The highest BCUT2D eigenvalue weighted by Crippen LogP contribution is 2.41. The van der Waals surface area contributed by atoms with Crippen LogP contribution in [0.25, 0.3) is 5.69 Å². The molecule has 5 nitrogen and oxygen atoms in total. The molecule has 0 unspecified atom stereocenters. The molecule has 1 saturated carbocycles. The van der Waals surface area contributed by atoms with Crippen molar-refractivity contribution in [3.63, 3.8) is 0 Å². The molecule has 18 heavy (non-hydrogen) atoms. The number of hydrogen-bond donors (Lipinski definition) is 0. The van der Waals surface area contributed by atoms with Crippen LogP contribution >= 0.6 is 0 Å². The quantitative estimate of drug-likeness (QED) is 0.752. The molecule has 2 heterocycles. The summed E-state index contributed by atoms with van der Waals surface area (Å²) in [6.45, 7) is 0. The van der Waals surface area contributed by atoms with E-state index in [2.05, 4.69) is 0 Å². The van der Waals surface area contributed by atoms with Crippen molar-refractivity contribution in [2.45, 2.75) is 31.3 Å². The van der Waals surface area contributed by atoms with Gasteiger partial charge in [0.05, 0.1) is 17.8 Å². The Morgan fingerprint density at radius 2 is 1.44 bits per heavy atom. The molecule has 2 aromatic rings. The molecule has 92 valence electrons. The average Bonchev–Trinajstić information content (AvgIpc) is 3.05. The molecule has 0 saturated heterocycles. The smallest absolute Gasteiger partial charge is 0.245 e. The van der Waals surface area contributed by atoms with Crippen LogP contribution in [0.3, 0.4) is 0 Å². The molecule has 0 spiro atoms. The van der Waals surface area contributed by atoms with Gasteiger partial charge in [-0.2, -0.15) is 0 Å². The summed E-state index contributed by atoms with van der Waals surface area (Å²) in [4.78, 5) is 24.8. The molecule has 1 aliphatic carbocycles. The van der Waals surface area contributed by atoms with Gasteiger partial charge in [-0.1, -0.05) is 18.2 Å². The van der Waals surface area contributed by atoms with Crippen LogP contribution in [0.1, 0.15) is 31.3 Å². The van der Waals surface area contributed by atoms with E-state index in [-0.39, 0.29) is 23.5 Å². The van der Waals surface area contributed by atoms with Crippen molar-refractivity contribution >= 4 is 0 Å². The Morgan fingerprint density at radius 3 is 2.00 bits per heavy atom. The van der Waals surface area contributed by atoms with E-state index in [9.17, 15) is 9.59 Å². The van der Waals surface area contributed by atoms with E-state index in [4.69, 9.17) is 0 Å². The molecule has 2 atom stereocenters. The predicted octanol–water partition coefficient (Wildman–Crippen LogP) is 1.08. The maximum Gasteiger partial charge on any atom is 0.352 e. The molecule has 1 aliphatic heterocycles. The zero-order valence-electron chi connectivity index (χ0n) is 9.82. The molecular weight excluding hydrogens is 230 g/mol. The lowest BCUT2D eigenvalue weighted by atomic mass is 10.3. The fourth-order valence-corrected chi connectivity index (χ4v) is 3.31. The summed E-state index contributed by atoms with van der Waals surface area (Å²) >= 11 is 0.